The standard InChI is InChI=1S/C17H24N2.ClH/c18-16-9-8-13-10-19(11-15(13)16)17-7-3-5-12-4-1-2-6-14(12)17;/h1-2,4,6,13,15-17H,3,5,7-11,18H2;1H. The highest BCUT2D eigenvalue weighted by Gasteiger charge is 2.43. The summed E-state index contributed by atoms with van der Waals surface area (Å²) in [5, 5.41) is 0. The van der Waals surface area contributed by atoms with E-state index < -0.39 is 0 Å². The average molecular weight is 293 g/mol. The Morgan fingerprint density at radius 1 is 1.05 bits per heavy atom. The summed E-state index contributed by atoms with van der Waals surface area (Å²) in [6.45, 7) is 2.53. The van der Waals surface area contributed by atoms with Crippen LogP contribution in [0.4, 0.5) is 0 Å². The van der Waals surface area contributed by atoms with Gasteiger partial charge in [0.1, 0.15) is 0 Å². The van der Waals surface area contributed by atoms with E-state index >= 15 is 0 Å². The summed E-state index contributed by atoms with van der Waals surface area (Å²) >= 11 is 0. The van der Waals surface area contributed by atoms with Gasteiger partial charge < -0.3 is 5.73 Å². The molecule has 1 saturated heterocycles. The number of aryl methyl sites for hydroxylation is 1. The third-order valence-electron chi connectivity index (χ3n) is 5.72. The van der Waals surface area contributed by atoms with Gasteiger partial charge in [0.15, 0.2) is 0 Å². The van der Waals surface area contributed by atoms with Crippen molar-refractivity contribution in [1.82, 2.24) is 4.90 Å². The van der Waals surface area contributed by atoms with E-state index in [1.807, 2.05) is 0 Å². The van der Waals surface area contributed by atoms with E-state index in [1.54, 1.807) is 11.1 Å². The Kier molecular flexibility index (Phi) is 4.07. The summed E-state index contributed by atoms with van der Waals surface area (Å²) in [6.07, 6.45) is 6.57. The van der Waals surface area contributed by atoms with Crippen molar-refractivity contribution in [1.29, 1.82) is 0 Å². The number of fused-ring (bicyclic) bond motifs is 2. The molecule has 1 saturated carbocycles. The molecule has 2 nitrogen and oxygen atoms in total. The summed E-state index contributed by atoms with van der Waals surface area (Å²) in [5.41, 5.74) is 9.46. The number of rotatable bonds is 1. The number of halogens is 1. The van der Waals surface area contributed by atoms with Crippen molar-refractivity contribution in [2.45, 2.75) is 44.2 Å². The van der Waals surface area contributed by atoms with E-state index in [-0.39, 0.29) is 12.4 Å². The van der Waals surface area contributed by atoms with Crippen molar-refractivity contribution in [3.63, 3.8) is 0 Å². The second-order valence-electron chi connectivity index (χ2n) is 6.73. The molecule has 4 atom stereocenters. The van der Waals surface area contributed by atoms with Gasteiger partial charge in [0.05, 0.1) is 0 Å². The van der Waals surface area contributed by atoms with Crippen LogP contribution in [0.1, 0.15) is 42.9 Å². The maximum atomic E-state index is 6.28. The minimum Gasteiger partial charge on any atom is -0.327 e. The molecule has 1 aliphatic heterocycles. The minimum absolute atomic E-state index is 0. The lowest BCUT2D eigenvalue weighted by Gasteiger charge is -2.34. The van der Waals surface area contributed by atoms with E-state index in [4.69, 9.17) is 5.73 Å². The molecule has 2 N–H and O–H groups in total. The highest BCUT2D eigenvalue weighted by molar-refractivity contribution is 5.85. The predicted molar refractivity (Wildman–Crippen MR) is 85.1 cm³/mol. The van der Waals surface area contributed by atoms with Gasteiger partial charge in [-0.15, -0.1) is 12.4 Å². The normalized spacial score (nSPS) is 36.2. The first-order valence-corrected chi connectivity index (χ1v) is 7.90. The fraction of sp³-hybridized carbons (Fsp3) is 0.647. The lowest BCUT2D eigenvalue weighted by Crippen LogP contribution is -2.33. The van der Waals surface area contributed by atoms with Gasteiger partial charge in [0.25, 0.3) is 0 Å². The van der Waals surface area contributed by atoms with Crippen LogP contribution in [0.25, 0.3) is 0 Å². The Balaban J connectivity index is 0.00000121. The van der Waals surface area contributed by atoms with E-state index in [0.717, 1.165) is 11.8 Å². The summed E-state index contributed by atoms with van der Waals surface area (Å²) < 4.78 is 0. The largest absolute Gasteiger partial charge is 0.327 e. The van der Waals surface area contributed by atoms with Crippen LogP contribution in [0.2, 0.25) is 0 Å². The lowest BCUT2D eigenvalue weighted by atomic mass is 9.87. The van der Waals surface area contributed by atoms with Gasteiger partial charge in [-0.1, -0.05) is 24.3 Å². The van der Waals surface area contributed by atoms with Crippen LogP contribution >= 0.6 is 12.4 Å². The summed E-state index contributed by atoms with van der Waals surface area (Å²) in [5.74, 6) is 1.65. The molecule has 1 aromatic carbocycles. The fourth-order valence-corrected chi connectivity index (χ4v) is 4.70. The molecule has 0 aromatic heterocycles. The first-order chi connectivity index (χ1) is 9.33. The number of nitrogens with zero attached hydrogens (tertiary/aromatic N) is 1. The zero-order valence-electron chi connectivity index (χ0n) is 12.0. The topological polar surface area (TPSA) is 29.3 Å². The van der Waals surface area contributed by atoms with E-state index in [0.29, 0.717) is 12.1 Å². The SMILES string of the molecule is Cl.NC1CCC2CN(C3CCCc4ccccc43)CC12. The molecule has 4 rings (SSSR count). The van der Waals surface area contributed by atoms with Gasteiger partial charge in [-0.3, -0.25) is 4.90 Å². The number of nitrogens with two attached hydrogens (primary N) is 1. The van der Waals surface area contributed by atoms with Crippen molar-refractivity contribution in [3.05, 3.63) is 35.4 Å². The first kappa shape index (κ1) is 14.4. The zero-order valence-corrected chi connectivity index (χ0v) is 12.8. The van der Waals surface area contributed by atoms with Gasteiger partial charge in [-0.2, -0.15) is 0 Å². The van der Waals surface area contributed by atoms with Crippen LogP contribution in [0.15, 0.2) is 24.3 Å². The monoisotopic (exact) mass is 292 g/mol. The highest BCUT2D eigenvalue weighted by atomic mass is 35.5. The Morgan fingerprint density at radius 2 is 1.90 bits per heavy atom. The molecule has 0 radical (unpaired) electrons. The molecule has 2 aliphatic carbocycles. The van der Waals surface area contributed by atoms with Crippen LogP contribution in [-0.2, 0) is 6.42 Å². The van der Waals surface area contributed by atoms with Crippen molar-refractivity contribution < 1.29 is 0 Å². The number of hydrogen-bond acceptors (Lipinski definition) is 2. The predicted octanol–water partition coefficient (Wildman–Crippen LogP) is 3.15. The molecule has 0 spiro atoms. The van der Waals surface area contributed by atoms with Crippen LogP contribution in [0.5, 0.6) is 0 Å². The maximum Gasteiger partial charge on any atom is 0.0351 e. The van der Waals surface area contributed by atoms with E-state index in [2.05, 4.69) is 29.2 Å². The number of benzene rings is 1. The molecule has 1 heterocycles. The smallest absolute Gasteiger partial charge is 0.0351 e. The molecular weight excluding hydrogens is 268 g/mol. The average Bonchev–Trinajstić information content (AvgIpc) is 3.01. The molecule has 4 unspecified atom stereocenters. The zero-order chi connectivity index (χ0) is 12.8. The molecule has 3 heteroatoms. The van der Waals surface area contributed by atoms with Crippen LogP contribution < -0.4 is 5.73 Å². The van der Waals surface area contributed by atoms with Crippen molar-refractivity contribution >= 4 is 12.4 Å². The Bertz CT molecular complexity index is 476. The third kappa shape index (κ3) is 2.28. The quantitative estimate of drug-likeness (QED) is 0.861. The summed E-state index contributed by atoms with van der Waals surface area (Å²) in [6, 6.07) is 10.2. The van der Waals surface area contributed by atoms with Crippen molar-refractivity contribution in [3.8, 4) is 0 Å². The van der Waals surface area contributed by atoms with Gasteiger partial charge in [-0.05, 0) is 55.1 Å². The van der Waals surface area contributed by atoms with Crippen LogP contribution in [0.3, 0.4) is 0 Å². The number of likely N-dealkylation sites (tertiary alicyclic amines) is 1. The Morgan fingerprint density at radius 3 is 2.75 bits per heavy atom. The molecule has 0 bridgehead atoms. The first-order valence-electron chi connectivity index (χ1n) is 7.90. The third-order valence-corrected chi connectivity index (χ3v) is 5.72. The maximum absolute atomic E-state index is 6.28. The molecular formula is C17H25ClN2. The van der Waals surface area contributed by atoms with E-state index in [9.17, 15) is 0 Å². The highest BCUT2D eigenvalue weighted by Crippen LogP contribution is 2.43. The Hall–Kier alpha value is -0.570. The molecule has 2 fully saturated rings. The minimum atomic E-state index is 0. The summed E-state index contributed by atoms with van der Waals surface area (Å²) in [4.78, 5) is 2.74. The van der Waals surface area contributed by atoms with Gasteiger partial charge in [0, 0.05) is 25.2 Å². The van der Waals surface area contributed by atoms with Gasteiger partial charge >= 0.3 is 0 Å². The molecule has 20 heavy (non-hydrogen) atoms. The van der Waals surface area contributed by atoms with Crippen LogP contribution in [-0.4, -0.2) is 24.0 Å². The molecule has 110 valence electrons. The number of hydrogen-bond donors (Lipinski definition) is 1. The van der Waals surface area contributed by atoms with E-state index in [1.165, 1.54) is 45.2 Å². The molecule has 3 aliphatic rings. The van der Waals surface area contributed by atoms with Gasteiger partial charge in [0.2, 0.25) is 0 Å². The Labute approximate surface area is 128 Å². The molecule has 1 aromatic rings. The lowest BCUT2D eigenvalue weighted by molar-refractivity contribution is 0.203. The van der Waals surface area contributed by atoms with Crippen molar-refractivity contribution in [2.24, 2.45) is 17.6 Å². The second-order valence-corrected chi connectivity index (χ2v) is 6.73. The molecule has 0 amide bonds. The summed E-state index contributed by atoms with van der Waals surface area (Å²) in [7, 11) is 0. The van der Waals surface area contributed by atoms with Gasteiger partial charge in [-0.25, -0.2) is 0 Å². The van der Waals surface area contributed by atoms with Crippen LogP contribution in [0, 0.1) is 11.8 Å². The van der Waals surface area contributed by atoms with Crippen molar-refractivity contribution in [2.75, 3.05) is 13.1 Å². The second kappa shape index (κ2) is 5.67. The fourth-order valence-electron chi connectivity index (χ4n) is 4.70.